The predicted octanol–water partition coefficient (Wildman–Crippen LogP) is 6.23. The molecule has 4 rings (SSSR count). The van der Waals surface area contributed by atoms with Crippen molar-refractivity contribution in [1.29, 1.82) is 0 Å². The van der Waals surface area contributed by atoms with Gasteiger partial charge in [-0.15, -0.1) is 18.4 Å². The second-order valence-corrected chi connectivity index (χ2v) is 8.47. The summed E-state index contributed by atoms with van der Waals surface area (Å²) >= 11 is 0. The van der Waals surface area contributed by atoms with Gasteiger partial charge < -0.3 is 0 Å². The fourth-order valence-electron chi connectivity index (χ4n) is 6.06. The molecular formula is C24H30. The Bertz CT molecular complexity index is 689. The second kappa shape index (κ2) is 6.11. The van der Waals surface area contributed by atoms with Crippen LogP contribution < -0.4 is 0 Å². The van der Waals surface area contributed by atoms with Crippen molar-refractivity contribution < 1.29 is 0 Å². The molecule has 0 aromatic carbocycles. The van der Waals surface area contributed by atoms with Crippen LogP contribution in [0, 0.1) is 40.9 Å². The average molecular weight is 319 g/mol. The average Bonchev–Trinajstić information content (AvgIpc) is 2.92. The van der Waals surface area contributed by atoms with Gasteiger partial charge in [0.2, 0.25) is 0 Å². The van der Waals surface area contributed by atoms with E-state index in [1.807, 2.05) is 6.92 Å². The third-order valence-corrected chi connectivity index (χ3v) is 7.34. The Morgan fingerprint density at radius 2 is 2.17 bits per heavy atom. The maximum atomic E-state index is 3.96. The van der Waals surface area contributed by atoms with Gasteiger partial charge in [-0.1, -0.05) is 36.8 Å². The minimum Gasteiger partial charge on any atom is -0.106 e. The SMILES string of the molecule is C=CCC1=CC=C2C3=CCC4CCC(C#CC)C[C@@H]4[C@H]3CC[C@]12C. The Morgan fingerprint density at radius 1 is 1.29 bits per heavy atom. The van der Waals surface area contributed by atoms with Gasteiger partial charge >= 0.3 is 0 Å². The molecule has 0 amide bonds. The van der Waals surface area contributed by atoms with Crippen LogP contribution in [-0.4, -0.2) is 0 Å². The highest BCUT2D eigenvalue weighted by Gasteiger charge is 2.48. The molecule has 0 radical (unpaired) electrons. The second-order valence-electron chi connectivity index (χ2n) is 8.47. The topological polar surface area (TPSA) is 0 Å². The Hall–Kier alpha value is -1.48. The maximum absolute atomic E-state index is 3.96. The fourth-order valence-corrected chi connectivity index (χ4v) is 6.06. The van der Waals surface area contributed by atoms with Crippen molar-refractivity contribution in [2.75, 3.05) is 0 Å². The molecule has 0 nitrogen and oxygen atoms in total. The van der Waals surface area contributed by atoms with Crippen molar-refractivity contribution in [3.63, 3.8) is 0 Å². The molecule has 0 N–H and O–H groups in total. The van der Waals surface area contributed by atoms with Crippen molar-refractivity contribution in [2.24, 2.45) is 29.1 Å². The lowest BCUT2D eigenvalue weighted by molar-refractivity contribution is 0.124. The molecule has 4 aliphatic carbocycles. The molecule has 2 fully saturated rings. The highest BCUT2D eigenvalue weighted by molar-refractivity contribution is 5.54. The molecule has 0 bridgehead atoms. The molecule has 0 aromatic rings. The molecule has 0 saturated heterocycles. The molecule has 0 aromatic heterocycles. The summed E-state index contributed by atoms with van der Waals surface area (Å²) in [6.45, 7) is 8.43. The molecule has 0 aliphatic heterocycles. The van der Waals surface area contributed by atoms with E-state index in [1.54, 1.807) is 16.7 Å². The third-order valence-electron chi connectivity index (χ3n) is 7.34. The molecule has 5 atom stereocenters. The molecule has 2 unspecified atom stereocenters. The predicted molar refractivity (Wildman–Crippen MR) is 102 cm³/mol. The minimum atomic E-state index is 0.278. The van der Waals surface area contributed by atoms with Gasteiger partial charge in [-0.25, -0.2) is 0 Å². The first kappa shape index (κ1) is 16.0. The lowest BCUT2D eigenvalue weighted by Crippen LogP contribution is -2.39. The van der Waals surface area contributed by atoms with E-state index < -0.39 is 0 Å². The Morgan fingerprint density at radius 3 is 2.96 bits per heavy atom. The monoisotopic (exact) mass is 318 g/mol. The number of hydrogen-bond acceptors (Lipinski definition) is 0. The van der Waals surface area contributed by atoms with Crippen LogP contribution in [0.25, 0.3) is 0 Å². The molecule has 0 heteroatoms. The van der Waals surface area contributed by atoms with Gasteiger partial charge in [-0.05, 0) is 80.8 Å². The first-order chi connectivity index (χ1) is 11.7. The number of rotatable bonds is 2. The first-order valence-corrected chi connectivity index (χ1v) is 9.82. The van der Waals surface area contributed by atoms with Gasteiger partial charge in [-0.2, -0.15) is 0 Å². The van der Waals surface area contributed by atoms with E-state index in [2.05, 4.69) is 49.6 Å². The molecule has 126 valence electrons. The first-order valence-electron chi connectivity index (χ1n) is 9.82. The van der Waals surface area contributed by atoms with Crippen LogP contribution in [0.2, 0.25) is 0 Å². The molecule has 0 spiro atoms. The zero-order valence-corrected chi connectivity index (χ0v) is 15.3. The van der Waals surface area contributed by atoms with Gasteiger partial charge in [-0.3, -0.25) is 0 Å². The molecule has 4 aliphatic rings. The molecule has 0 heterocycles. The van der Waals surface area contributed by atoms with Crippen LogP contribution in [0.4, 0.5) is 0 Å². The van der Waals surface area contributed by atoms with E-state index in [0.29, 0.717) is 5.92 Å². The van der Waals surface area contributed by atoms with Crippen molar-refractivity contribution >= 4 is 0 Å². The number of fused-ring (bicyclic) bond motifs is 5. The van der Waals surface area contributed by atoms with Gasteiger partial charge in [0.25, 0.3) is 0 Å². The molecular weight excluding hydrogens is 288 g/mol. The summed E-state index contributed by atoms with van der Waals surface area (Å²) in [5, 5.41) is 0. The van der Waals surface area contributed by atoms with Crippen molar-refractivity contribution in [3.8, 4) is 11.8 Å². The van der Waals surface area contributed by atoms with Gasteiger partial charge in [0.1, 0.15) is 0 Å². The van der Waals surface area contributed by atoms with E-state index in [0.717, 1.165) is 24.2 Å². The fraction of sp³-hybridized carbons (Fsp3) is 0.583. The van der Waals surface area contributed by atoms with E-state index >= 15 is 0 Å². The largest absolute Gasteiger partial charge is 0.106 e. The van der Waals surface area contributed by atoms with Crippen LogP contribution in [0.5, 0.6) is 0 Å². The smallest absolute Gasteiger partial charge is 0.0205 e. The Labute approximate surface area is 147 Å². The van der Waals surface area contributed by atoms with E-state index in [-0.39, 0.29) is 5.41 Å². The van der Waals surface area contributed by atoms with Gasteiger partial charge in [0.05, 0.1) is 0 Å². The number of allylic oxidation sites excluding steroid dienone is 7. The van der Waals surface area contributed by atoms with Crippen molar-refractivity contribution in [1.82, 2.24) is 0 Å². The summed E-state index contributed by atoms with van der Waals surface area (Å²) in [5.74, 6) is 9.89. The quantitative estimate of drug-likeness (QED) is 0.418. The van der Waals surface area contributed by atoms with E-state index in [1.165, 1.54) is 38.5 Å². The Balaban J connectivity index is 1.61. The van der Waals surface area contributed by atoms with Crippen LogP contribution in [0.15, 0.2) is 47.6 Å². The highest BCUT2D eigenvalue weighted by atomic mass is 14.5. The zero-order chi connectivity index (χ0) is 16.7. The Kier molecular flexibility index (Phi) is 4.07. The summed E-state index contributed by atoms with van der Waals surface area (Å²) < 4.78 is 0. The highest BCUT2D eigenvalue weighted by Crippen LogP contribution is 2.59. The van der Waals surface area contributed by atoms with Crippen LogP contribution in [0.1, 0.15) is 58.8 Å². The maximum Gasteiger partial charge on any atom is 0.0205 e. The van der Waals surface area contributed by atoms with Crippen LogP contribution >= 0.6 is 0 Å². The normalized spacial score (nSPS) is 40.0. The van der Waals surface area contributed by atoms with Gasteiger partial charge in [0.15, 0.2) is 0 Å². The summed E-state index contributed by atoms with van der Waals surface area (Å²) in [6.07, 6.45) is 18.6. The summed E-state index contributed by atoms with van der Waals surface area (Å²) in [5.41, 5.74) is 5.19. The van der Waals surface area contributed by atoms with Crippen LogP contribution in [-0.2, 0) is 0 Å². The van der Waals surface area contributed by atoms with Crippen molar-refractivity contribution in [2.45, 2.75) is 58.8 Å². The van der Waals surface area contributed by atoms with E-state index in [9.17, 15) is 0 Å². The summed E-state index contributed by atoms with van der Waals surface area (Å²) in [7, 11) is 0. The minimum absolute atomic E-state index is 0.278. The summed E-state index contributed by atoms with van der Waals surface area (Å²) in [4.78, 5) is 0. The lowest BCUT2D eigenvalue weighted by atomic mass is 9.54. The standard InChI is InChI=1S/C24H30/c1-4-6-17-8-9-18-10-12-21-20(22(18)16-17)14-15-24(3)19(7-5-2)11-13-23(21)24/h5,11-13,17-18,20,22H,2,7-10,14-16H2,1,3H3/t17?,18?,20-,22-,24+/m0/s1. The number of hydrogen-bond donors (Lipinski definition) is 0. The zero-order valence-electron chi connectivity index (χ0n) is 15.3. The van der Waals surface area contributed by atoms with Crippen molar-refractivity contribution in [3.05, 3.63) is 47.6 Å². The summed E-state index contributed by atoms with van der Waals surface area (Å²) in [6, 6.07) is 0. The van der Waals surface area contributed by atoms with Crippen LogP contribution in [0.3, 0.4) is 0 Å². The lowest BCUT2D eigenvalue weighted by Gasteiger charge is -2.50. The van der Waals surface area contributed by atoms with Gasteiger partial charge in [0, 0.05) is 11.3 Å². The van der Waals surface area contributed by atoms with E-state index in [4.69, 9.17) is 0 Å². The third kappa shape index (κ3) is 2.36. The molecule has 2 saturated carbocycles. The molecule has 24 heavy (non-hydrogen) atoms.